The van der Waals surface area contributed by atoms with Crippen LogP contribution in [0.4, 0.5) is 0 Å². The van der Waals surface area contributed by atoms with Crippen molar-refractivity contribution in [2.75, 3.05) is 0 Å². The molecule has 0 heterocycles. The summed E-state index contributed by atoms with van der Waals surface area (Å²) in [6.07, 6.45) is 0. The molecule has 0 aliphatic heterocycles. The van der Waals surface area contributed by atoms with Gasteiger partial charge in [-0.15, -0.1) is 0 Å². The molecule has 0 saturated heterocycles. The zero-order chi connectivity index (χ0) is 16.4. The molecule has 3 aromatic rings. The van der Waals surface area contributed by atoms with Crippen LogP contribution in [-0.4, -0.2) is 0 Å². The summed E-state index contributed by atoms with van der Waals surface area (Å²) in [5, 5.41) is 1.09. The highest BCUT2D eigenvalue weighted by Gasteiger charge is 2.25. The van der Waals surface area contributed by atoms with E-state index in [1.54, 1.807) is 48.5 Å². The van der Waals surface area contributed by atoms with E-state index in [1.807, 2.05) is 48.5 Å². The van der Waals surface area contributed by atoms with E-state index in [0.717, 1.165) is 0 Å². The average Bonchev–Trinajstić information content (AvgIpc) is 2.65. The lowest BCUT2D eigenvalue weighted by Gasteiger charge is -2.12. The van der Waals surface area contributed by atoms with Crippen molar-refractivity contribution in [3.05, 3.63) is 108 Å². The fourth-order valence-corrected chi connectivity index (χ4v) is 3.72. The van der Waals surface area contributed by atoms with Crippen LogP contribution in [0.25, 0.3) is 10.4 Å². The van der Waals surface area contributed by atoms with Crippen LogP contribution >= 0.6 is 7.29 Å². The summed E-state index contributed by atoms with van der Waals surface area (Å²) in [4.78, 5) is 6.26. The first-order valence-corrected chi connectivity index (χ1v) is 8.71. The van der Waals surface area contributed by atoms with E-state index in [1.165, 1.54) is 0 Å². The predicted molar refractivity (Wildman–Crippen MR) is 95.3 cm³/mol. The number of azide groups is 1. The van der Waals surface area contributed by atoms with E-state index in [4.69, 9.17) is 5.53 Å². The van der Waals surface area contributed by atoms with Crippen LogP contribution in [-0.2, 0) is 4.57 Å². The molecule has 0 radical (unpaired) electrons. The lowest BCUT2D eigenvalue weighted by Crippen LogP contribution is -2.13. The molecule has 0 atom stereocenters. The minimum Gasteiger partial charge on any atom is -0.307 e. The molecule has 0 amide bonds. The van der Waals surface area contributed by atoms with Crippen molar-refractivity contribution in [2.24, 2.45) is 4.88 Å². The Bertz CT molecular complexity index is 731. The van der Waals surface area contributed by atoms with Crippen LogP contribution in [0.2, 0.25) is 0 Å². The first-order valence-electron chi connectivity index (χ1n) is 7.05. The van der Waals surface area contributed by atoms with Crippen LogP contribution in [0, 0.1) is 0 Å². The maximum Gasteiger partial charge on any atom is 0.228 e. The van der Waals surface area contributed by atoms with E-state index in [9.17, 15) is 4.57 Å². The summed E-state index contributed by atoms with van der Waals surface area (Å²) < 4.78 is 12.8. The first-order chi connectivity index (χ1) is 11.3. The van der Waals surface area contributed by atoms with Gasteiger partial charge in [0, 0.05) is 15.5 Å². The minimum atomic E-state index is -3.22. The van der Waals surface area contributed by atoms with Crippen molar-refractivity contribution < 1.29 is 4.57 Å². The lowest BCUT2D eigenvalue weighted by molar-refractivity contribution is 0.588. The normalized spacial score (nSPS) is 9.91. The fraction of sp³-hybridized carbons (Fsp3) is 0. The Morgan fingerprint density at radius 2 is 0.957 bits per heavy atom. The zero-order valence-electron chi connectivity index (χ0n) is 12.4. The highest BCUT2D eigenvalue weighted by Crippen LogP contribution is 2.44. The second-order valence-electron chi connectivity index (χ2n) is 4.58. The third-order valence-electron chi connectivity index (χ3n) is 3.04. The van der Waals surface area contributed by atoms with Crippen molar-refractivity contribution in [3.63, 3.8) is 0 Å². The molecule has 0 spiro atoms. The summed E-state index contributed by atoms with van der Waals surface area (Å²) >= 11 is 0. The SMILES string of the molecule is [N-]=[N+]=NP(=O)(c1ccccc1)c1ccccc1.c1ccccc1. The molecule has 0 unspecified atom stereocenters. The van der Waals surface area contributed by atoms with Crippen molar-refractivity contribution in [1.29, 1.82) is 0 Å². The molecule has 0 aliphatic carbocycles. The molecule has 0 fully saturated rings. The molecule has 4 nitrogen and oxygen atoms in total. The van der Waals surface area contributed by atoms with Crippen LogP contribution in [0.15, 0.2) is 102 Å². The maximum absolute atomic E-state index is 12.8. The quantitative estimate of drug-likeness (QED) is 0.292. The van der Waals surface area contributed by atoms with Gasteiger partial charge in [0.25, 0.3) is 0 Å². The van der Waals surface area contributed by atoms with Gasteiger partial charge in [-0.2, -0.15) is 0 Å². The first kappa shape index (κ1) is 16.6. The van der Waals surface area contributed by atoms with Crippen LogP contribution < -0.4 is 10.6 Å². The number of nitrogens with zero attached hydrogens (tertiary/aromatic N) is 3. The summed E-state index contributed by atoms with van der Waals surface area (Å²) in [6, 6.07) is 29.6. The Balaban J connectivity index is 0.000000268. The third kappa shape index (κ3) is 4.58. The van der Waals surface area contributed by atoms with Gasteiger partial charge in [-0.1, -0.05) is 97.1 Å². The zero-order valence-corrected chi connectivity index (χ0v) is 13.3. The second-order valence-corrected chi connectivity index (χ2v) is 6.94. The molecule has 0 N–H and O–H groups in total. The van der Waals surface area contributed by atoms with Gasteiger partial charge in [0.2, 0.25) is 7.29 Å². The number of benzene rings is 3. The van der Waals surface area contributed by atoms with Crippen LogP contribution in [0.5, 0.6) is 0 Å². The maximum atomic E-state index is 12.8. The molecule has 0 aliphatic rings. The summed E-state index contributed by atoms with van der Waals surface area (Å²) in [6.45, 7) is 0. The molecule has 23 heavy (non-hydrogen) atoms. The molecule has 0 aromatic heterocycles. The highest BCUT2D eigenvalue weighted by atomic mass is 31.2. The van der Waals surface area contributed by atoms with Gasteiger partial charge in [0.1, 0.15) is 0 Å². The molecule has 3 rings (SSSR count). The van der Waals surface area contributed by atoms with Crippen LogP contribution in [0.3, 0.4) is 0 Å². The van der Waals surface area contributed by atoms with Gasteiger partial charge < -0.3 is 4.57 Å². The topological polar surface area (TPSA) is 65.8 Å². The van der Waals surface area contributed by atoms with Gasteiger partial charge in [0.15, 0.2) is 0 Å². The smallest absolute Gasteiger partial charge is 0.228 e. The predicted octanol–water partition coefficient (Wildman–Crippen LogP) is 4.91. The summed E-state index contributed by atoms with van der Waals surface area (Å²) in [5.41, 5.74) is 8.61. The largest absolute Gasteiger partial charge is 0.307 e. The molecular formula is C18H16N3OP. The number of hydrogen-bond donors (Lipinski definition) is 0. The van der Waals surface area contributed by atoms with Gasteiger partial charge in [-0.3, -0.25) is 0 Å². The van der Waals surface area contributed by atoms with E-state index in [-0.39, 0.29) is 0 Å². The fourth-order valence-electron chi connectivity index (χ4n) is 1.95. The molecule has 5 heteroatoms. The monoisotopic (exact) mass is 321 g/mol. The minimum absolute atomic E-state index is 0.545. The van der Waals surface area contributed by atoms with Crippen molar-refractivity contribution in [3.8, 4) is 0 Å². The Hall–Kier alpha value is -2.80. The average molecular weight is 321 g/mol. The molecule has 0 bridgehead atoms. The third-order valence-corrected chi connectivity index (χ3v) is 5.37. The standard InChI is InChI=1S/C12H10N3OP.C6H6/c13-14-15-17(16,11-7-3-1-4-8-11)12-9-5-2-6-10-12;1-2-4-6-5-3-1/h1-10H;1-6H. The van der Waals surface area contributed by atoms with Crippen molar-refractivity contribution >= 4 is 17.9 Å². The number of rotatable bonds is 3. The second kappa shape index (κ2) is 8.60. The lowest BCUT2D eigenvalue weighted by atomic mass is 10.4. The molecule has 0 saturated carbocycles. The molecular weight excluding hydrogens is 305 g/mol. The number of hydrogen-bond acceptors (Lipinski definition) is 1. The molecule has 114 valence electrons. The van der Waals surface area contributed by atoms with E-state index < -0.39 is 7.29 Å². The van der Waals surface area contributed by atoms with E-state index in [0.29, 0.717) is 10.6 Å². The molecule has 3 aromatic carbocycles. The van der Waals surface area contributed by atoms with Gasteiger partial charge in [0.05, 0.1) is 0 Å². The Morgan fingerprint density at radius 3 is 1.26 bits per heavy atom. The Labute approximate surface area is 135 Å². The van der Waals surface area contributed by atoms with Gasteiger partial charge in [-0.25, -0.2) is 0 Å². The van der Waals surface area contributed by atoms with E-state index >= 15 is 0 Å². The highest BCUT2D eigenvalue weighted by molar-refractivity contribution is 7.77. The van der Waals surface area contributed by atoms with Crippen LogP contribution in [0.1, 0.15) is 0 Å². The Morgan fingerprint density at radius 1 is 0.652 bits per heavy atom. The van der Waals surface area contributed by atoms with Crippen molar-refractivity contribution in [1.82, 2.24) is 0 Å². The van der Waals surface area contributed by atoms with Gasteiger partial charge in [-0.05, 0) is 10.4 Å². The van der Waals surface area contributed by atoms with Gasteiger partial charge >= 0.3 is 0 Å². The van der Waals surface area contributed by atoms with Crippen molar-refractivity contribution in [2.45, 2.75) is 0 Å². The van der Waals surface area contributed by atoms with E-state index in [2.05, 4.69) is 9.80 Å². The Kier molecular flexibility index (Phi) is 6.19. The summed E-state index contributed by atoms with van der Waals surface area (Å²) in [7, 11) is -3.22. The summed E-state index contributed by atoms with van der Waals surface area (Å²) in [5.74, 6) is 0.